The lowest BCUT2D eigenvalue weighted by Gasteiger charge is -2.13. The summed E-state index contributed by atoms with van der Waals surface area (Å²) in [4.78, 5) is 0.0186. The Morgan fingerprint density at radius 2 is 1.60 bits per heavy atom. The third kappa shape index (κ3) is 3.05. The Morgan fingerprint density at radius 1 is 1.00 bits per heavy atom. The smallest absolute Gasteiger partial charge is 0.281 e. The highest BCUT2D eigenvalue weighted by Gasteiger charge is 2.12. The molecule has 0 amide bonds. The Balaban J connectivity index is 2.43. The third-order valence-corrected chi connectivity index (χ3v) is 4.17. The van der Waals surface area contributed by atoms with Crippen LogP contribution in [0.15, 0.2) is 57.8 Å². The SMILES string of the molecule is Cc1ccc(S(=O)(=O)N=C([O-])c2ccccc2C)cc1. The normalized spacial score (nSPS) is 12.4. The molecule has 0 aromatic heterocycles. The Bertz CT molecular complexity index is 747. The first-order valence-electron chi connectivity index (χ1n) is 6.05. The molecule has 0 atom stereocenters. The molecule has 20 heavy (non-hydrogen) atoms. The van der Waals surface area contributed by atoms with E-state index in [-0.39, 0.29) is 4.90 Å². The summed E-state index contributed by atoms with van der Waals surface area (Å²) in [6, 6.07) is 13.0. The zero-order chi connectivity index (χ0) is 14.8. The summed E-state index contributed by atoms with van der Waals surface area (Å²) in [5.41, 5.74) is 1.93. The van der Waals surface area contributed by atoms with E-state index in [1.165, 1.54) is 12.1 Å². The van der Waals surface area contributed by atoms with Gasteiger partial charge in [0.25, 0.3) is 10.0 Å². The monoisotopic (exact) mass is 288 g/mol. The van der Waals surface area contributed by atoms with E-state index in [2.05, 4.69) is 4.40 Å². The zero-order valence-corrected chi connectivity index (χ0v) is 12.0. The summed E-state index contributed by atoms with van der Waals surface area (Å²) < 4.78 is 27.5. The molecule has 104 valence electrons. The number of benzene rings is 2. The van der Waals surface area contributed by atoms with Crippen LogP contribution in [-0.4, -0.2) is 14.3 Å². The van der Waals surface area contributed by atoms with Crippen molar-refractivity contribution in [1.82, 2.24) is 0 Å². The highest BCUT2D eigenvalue weighted by atomic mass is 32.2. The van der Waals surface area contributed by atoms with Gasteiger partial charge in [0.2, 0.25) is 0 Å². The first-order valence-corrected chi connectivity index (χ1v) is 7.49. The predicted molar refractivity (Wildman–Crippen MR) is 76.1 cm³/mol. The van der Waals surface area contributed by atoms with Gasteiger partial charge in [-0.2, -0.15) is 12.8 Å². The average molecular weight is 288 g/mol. The molecule has 4 nitrogen and oxygen atoms in total. The molecule has 0 aliphatic carbocycles. The summed E-state index contributed by atoms with van der Waals surface area (Å²) in [5, 5.41) is 12.0. The minimum Gasteiger partial charge on any atom is -0.858 e. The molecule has 2 aromatic carbocycles. The first kappa shape index (κ1) is 14.3. The zero-order valence-electron chi connectivity index (χ0n) is 11.2. The molecule has 0 aliphatic rings. The third-order valence-electron chi connectivity index (χ3n) is 2.90. The number of aryl methyl sites for hydroxylation is 2. The maximum absolute atomic E-state index is 12.1. The summed E-state index contributed by atoms with van der Waals surface area (Å²) in [7, 11) is -3.97. The van der Waals surface area contributed by atoms with Crippen molar-refractivity contribution >= 4 is 15.9 Å². The van der Waals surface area contributed by atoms with Crippen LogP contribution in [0.25, 0.3) is 0 Å². The molecule has 0 radical (unpaired) electrons. The van der Waals surface area contributed by atoms with E-state index < -0.39 is 15.9 Å². The van der Waals surface area contributed by atoms with Gasteiger partial charge >= 0.3 is 0 Å². The molecular formula is C15H14NO3S-. The largest absolute Gasteiger partial charge is 0.858 e. The van der Waals surface area contributed by atoms with E-state index >= 15 is 0 Å². The van der Waals surface area contributed by atoms with Crippen LogP contribution in [-0.2, 0) is 10.0 Å². The van der Waals surface area contributed by atoms with Crippen molar-refractivity contribution in [2.24, 2.45) is 4.40 Å². The maximum atomic E-state index is 12.1. The Hall–Kier alpha value is -2.14. The van der Waals surface area contributed by atoms with E-state index in [4.69, 9.17) is 0 Å². The quantitative estimate of drug-likeness (QED) is 0.638. The molecule has 0 spiro atoms. The fraction of sp³-hybridized carbons (Fsp3) is 0.133. The van der Waals surface area contributed by atoms with Crippen molar-refractivity contribution in [2.75, 3.05) is 0 Å². The first-order chi connectivity index (χ1) is 9.40. The summed E-state index contributed by atoms with van der Waals surface area (Å²) in [6.07, 6.45) is 0. The minimum atomic E-state index is -3.97. The van der Waals surface area contributed by atoms with Crippen LogP contribution in [0, 0.1) is 13.8 Å². The second-order valence-electron chi connectivity index (χ2n) is 4.50. The summed E-state index contributed by atoms with van der Waals surface area (Å²) >= 11 is 0. The van der Waals surface area contributed by atoms with Crippen LogP contribution < -0.4 is 5.11 Å². The predicted octanol–water partition coefficient (Wildman–Crippen LogP) is 1.80. The van der Waals surface area contributed by atoms with Crippen LogP contribution in [0.4, 0.5) is 0 Å². The number of rotatable bonds is 3. The van der Waals surface area contributed by atoms with Crippen molar-refractivity contribution < 1.29 is 13.5 Å². The fourth-order valence-electron chi connectivity index (χ4n) is 1.73. The molecule has 5 heteroatoms. The van der Waals surface area contributed by atoms with Gasteiger partial charge in [-0.05, 0) is 37.1 Å². The Morgan fingerprint density at radius 3 is 2.20 bits per heavy atom. The summed E-state index contributed by atoms with van der Waals surface area (Å²) in [6.45, 7) is 3.59. The van der Waals surface area contributed by atoms with Gasteiger partial charge in [0.1, 0.15) is 0 Å². The van der Waals surface area contributed by atoms with Gasteiger partial charge < -0.3 is 5.11 Å². The van der Waals surface area contributed by atoms with Gasteiger partial charge in [-0.1, -0.05) is 42.0 Å². The molecule has 2 rings (SSSR count). The fourth-order valence-corrected chi connectivity index (χ4v) is 2.64. The lowest BCUT2D eigenvalue weighted by atomic mass is 10.1. The molecule has 0 saturated heterocycles. The second-order valence-corrected chi connectivity index (χ2v) is 6.10. The van der Waals surface area contributed by atoms with E-state index in [1.54, 1.807) is 43.3 Å². The number of sulfonamides is 1. The second kappa shape index (κ2) is 5.46. The van der Waals surface area contributed by atoms with Gasteiger partial charge in [-0.15, -0.1) is 0 Å². The van der Waals surface area contributed by atoms with Crippen molar-refractivity contribution in [1.29, 1.82) is 0 Å². The van der Waals surface area contributed by atoms with Crippen molar-refractivity contribution in [2.45, 2.75) is 18.7 Å². The molecule has 0 bridgehead atoms. The minimum absolute atomic E-state index is 0.0186. The van der Waals surface area contributed by atoms with Gasteiger partial charge in [0.05, 0.1) is 4.90 Å². The molecule has 0 heterocycles. The lowest BCUT2D eigenvalue weighted by molar-refractivity contribution is -0.212. The van der Waals surface area contributed by atoms with Gasteiger partial charge in [-0.3, -0.25) is 0 Å². The Kier molecular flexibility index (Phi) is 3.90. The van der Waals surface area contributed by atoms with Crippen molar-refractivity contribution in [3.8, 4) is 0 Å². The number of hydrogen-bond acceptors (Lipinski definition) is 3. The number of nitrogens with zero attached hydrogens (tertiary/aromatic N) is 1. The molecule has 0 fully saturated rings. The standard InChI is InChI=1S/C15H15NO3S/c1-11-7-9-13(10-8-11)20(18,19)16-15(17)14-6-4-3-5-12(14)2/h3-10H,1-2H3,(H,16,17)/p-1. The number of hydrogen-bond donors (Lipinski definition) is 0. The molecule has 2 aromatic rings. The highest BCUT2D eigenvalue weighted by Crippen LogP contribution is 2.15. The summed E-state index contributed by atoms with van der Waals surface area (Å²) in [5.74, 6) is -0.747. The molecule has 0 aliphatic heterocycles. The van der Waals surface area contributed by atoms with Crippen LogP contribution in [0.1, 0.15) is 16.7 Å². The lowest BCUT2D eigenvalue weighted by Crippen LogP contribution is -2.21. The van der Waals surface area contributed by atoms with E-state index in [0.717, 1.165) is 5.56 Å². The van der Waals surface area contributed by atoms with Crippen molar-refractivity contribution in [3.63, 3.8) is 0 Å². The van der Waals surface area contributed by atoms with Gasteiger partial charge in [0, 0.05) is 5.90 Å². The Labute approximate surface area is 118 Å². The van der Waals surface area contributed by atoms with Crippen LogP contribution in [0.2, 0.25) is 0 Å². The van der Waals surface area contributed by atoms with E-state index in [1.807, 2.05) is 6.92 Å². The van der Waals surface area contributed by atoms with E-state index in [0.29, 0.717) is 11.1 Å². The maximum Gasteiger partial charge on any atom is 0.281 e. The van der Waals surface area contributed by atoms with Crippen LogP contribution in [0.3, 0.4) is 0 Å². The van der Waals surface area contributed by atoms with Gasteiger partial charge in [0.15, 0.2) is 0 Å². The molecule has 0 N–H and O–H groups in total. The molecule has 0 saturated carbocycles. The molecule has 0 unspecified atom stereocenters. The average Bonchev–Trinajstić information content (AvgIpc) is 2.39. The molecular weight excluding hydrogens is 274 g/mol. The van der Waals surface area contributed by atoms with Crippen LogP contribution >= 0.6 is 0 Å². The highest BCUT2D eigenvalue weighted by molar-refractivity contribution is 7.90. The van der Waals surface area contributed by atoms with E-state index in [9.17, 15) is 13.5 Å². The topological polar surface area (TPSA) is 69.6 Å². The van der Waals surface area contributed by atoms with Crippen molar-refractivity contribution in [3.05, 3.63) is 65.2 Å². The van der Waals surface area contributed by atoms with Crippen LogP contribution in [0.5, 0.6) is 0 Å². The van der Waals surface area contributed by atoms with Gasteiger partial charge in [-0.25, -0.2) is 0 Å².